The summed E-state index contributed by atoms with van der Waals surface area (Å²) in [5, 5.41) is 0. The SMILES string of the molecule is CC(c1ccc(Oc2ccc(N=C=O)cc2)cc1)c1ccc(Oc2ccc(N=C=O)cc2)cc1. The molecule has 0 aliphatic heterocycles. The van der Waals surface area contributed by atoms with Gasteiger partial charge in [-0.25, -0.2) is 9.59 Å². The first-order chi connectivity index (χ1) is 16.6. The second-order valence-electron chi connectivity index (χ2n) is 7.46. The first-order valence-corrected chi connectivity index (χ1v) is 10.6. The van der Waals surface area contributed by atoms with Crippen molar-refractivity contribution in [1.82, 2.24) is 0 Å². The van der Waals surface area contributed by atoms with E-state index in [-0.39, 0.29) is 5.92 Å². The lowest BCUT2D eigenvalue weighted by Crippen LogP contribution is -1.96. The van der Waals surface area contributed by atoms with Crippen LogP contribution >= 0.6 is 0 Å². The molecule has 0 spiro atoms. The van der Waals surface area contributed by atoms with Crippen molar-refractivity contribution in [2.24, 2.45) is 9.98 Å². The van der Waals surface area contributed by atoms with E-state index >= 15 is 0 Å². The van der Waals surface area contributed by atoms with Crippen LogP contribution in [0.2, 0.25) is 0 Å². The van der Waals surface area contributed by atoms with Crippen LogP contribution in [0.3, 0.4) is 0 Å². The van der Waals surface area contributed by atoms with E-state index in [1.54, 1.807) is 48.5 Å². The number of benzene rings is 4. The van der Waals surface area contributed by atoms with Crippen molar-refractivity contribution >= 4 is 23.5 Å². The lowest BCUT2D eigenvalue weighted by atomic mass is 9.93. The molecule has 0 N–H and O–H groups in total. The van der Waals surface area contributed by atoms with E-state index < -0.39 is 0 Å². The Morgan fingerprint density at radius 3 is 1.12 bits per heavy atom. The number of nitrogens with zero attached hydrogens (tertiary/aromatic N) is 2. The predicted octanol–water partition coefficient (Wildman–Crippen LogP) is 7.36. The van der Waals surface area contributed by atoms with E-state index in [0.29, 0.717) is 22.9 Å². The van der Waals surface area contributed by atoms with Gasteiger partial charge in [0.05, 0.1) is 11.4 Å². The Morgan fingerprint density at radius 2 is 0.824 bits per heavy atom. The van der Waals surface area contributed by atoms with E-state index in [4.69, 9.17) is 9.47 Å². The molecule has 166 valence electrons. The van der Waals surface area contributed by atoms with Gasteiger partial charge in [0.25, 0.3) is 0 Å². The Balaban J connectivity index is 1.38. The van der Waals surface area contributed by atoms with Crippen LogP contribution in [0.25, 0.3) is 0 Å². The average Bonchev–Trinajstić information content (AvgIpc) is 2.87. The molecule has 4 aromatic rings. The van der Waals surface area contributed by atoms with Gasteiger partial charge in [-0.3, -0.25) is 0 Å². The summed E-state index contributed by atoms with van der Waals surface area (Å²) < 4.78 is 11.7. The summed E-state index contributed by atoms with van der Waals surface area (Å²) in [5.74, 6) is 2.94. The Kier molecular flexibility index (Phi) is 7.06. The summed E-state index contributed by atoms with van der Waals surface area (Å²) in [6.45, 7) is 2.14. The molecule has 6 heteroatoms. The summed E-state index contributed by atoms with van der Waals surface area (Å²) in [4.78, 5) is 27.8. The fourth-order valence-electron chi connectivity index (χ4n) is 3.40. The molecule has 34 heavy (non-hydrogen) atoms. The predicted molar refractivity (Wildman–Crippen MR) is 129 cm³/mol. The highest BCUT2D eigenvalue weighted by molar-refractivity contribution is 5.51. The number of isocyanates is 2. The van der Waals surface area contributed by atoms with Gasteiger partial charge in [0, 0.05) is 5.92 Å². The van der Waals surface area contributed by atoms with Crippen molar-refractivity contribution < 1.29 is 19.1 Å². The summed E-state index contributed by atoms with van der Waals surface area (Å²) in [6, 6.07) is 29.7. The maximum atomic E-state index is 10.3. The minimum Gasteiger partial charge on any atom is -0.457 e. The molecule has 0 aromatic heterocycles. The maximum Gasteiger partial charge on any atom is 0.240 e. The van der Waals surface area contributed by atoms with Gasteiger partial charge in [-0.15, -0.1) is 0 Å². The van der Waals surface area contributed by atoms with Crippen LogP contribution in [-0.2, 0) is 9.59 Å². The number of hydrogen-bond acceptors (Lipinski definition) is 6. The molecule has 0 aliphatic carbocycles. The third-order valence-corrected chi connectivity index (χ3v) is 5.25. The smallest absolute Gasteiger partial charge is 0.240 e. The summed E-state index contributed by atoms with van der Waals surface area (Å²) in [6.07, 6.45) is 3.03. The van der Waals surface area contributed by atoms with E-state index in [1.165, 1.54) is 12.2 Å². The Hall–Kier alpha value is -4.76. The van der Waals surface area contributed by atoms with Gasteiger partial charge < -0.3 is 9.47 Å². The van der Waals surface area contributed by atoms with Crippen molar-refractivity contribution in [3.8, 4) is 23.0 Å². The highest BCUT2D eigenvalue weighted by Gasteiger charge is 2.10. The second-order valence-corrected chi connectivity index (χ2v) is 7.46. The third-order valence-electron chi connectivity index (χ3n) is 5.25. The van der Waals surface area contributed by atoms with Gasteiger partial charge in [-0.1, -0.05) is 31.2 Å². The summed E-state index contributed by atoms with van der Waals surface area (Å²) in [5.41, 5.74) is 3.38. The molecule has 4 aromatic carbocycles. The number of aliphatic imine (C=N–C) groups is 2. The lowest BCUT2D eigenvalue weighted by molar-refractivity contribution is 0.482. The van der Waals surface area contributed by atoms with Gasteiger partial charge >= 0.3 is 0 Å². The largest absolute Gasteiger partial charge is 0.457 e. The monoisotopic (exact) mass is 448 g/mol. The van der Waals surface area contributed by atoms with Gasteiger partial charge in [0.15, 0.2) is 0 Å². The zero-order chi connectivity index (χ0) is 23.8. The summed E-state index contributed by atoms with van der Waals surface area (Å²) >= 11 is 0. The highest BCUT2D eigenvalue weighted by atomic mass is 16.5. The highest BCUT2D eigenvalue weighted by Crippen LogP contribution is 2.30. The molecule has 6 nitrogen and oxygen atoms in total. The molecule has 0 saturated heterocycles. The third kappa shape index (κ3) is 5.72. The average molecular weight is 448 g/mol. The Bertz CT molecular complexity index is 1230. The van der Waals surface area contributed by atoms with Gasteiger partial charge in [0.2, 0.25) is 12.2 Å². The van der Waals surface area contributed by atoms with Crippen LogP contribution in [0.4, 0.5) is 11.4 Å². The van der Waals surface area contributed by atoms with Crippen LogP contribution in [-0.4, -0.2) is 12.2 Å². The molecule has 0 atom stereocenters. The van der Waals surface area contributed by atoms with Crippen LogP contribution in [0, 0.1) is 0 Å². The fraction of sp³-hybridized carbons (Fsp3) is 0.0714. The number of rotatable bonds is 8. The van der Waals surface area contributed by atoms with Crippen molar-refractivity contribution in [3.05, 3.63) is 108 Å². The fourth-order valence-corrected chi connectivity index (χ4v) is 3.40. The quantitative estimate of drug-likeness (QED) is 0.208. The molecule has 4 rings (SSSR count). The van der Waals surface area contributed by atoms with Crippen LogP contribution in [0.1, 0.15) is 24.0 Å². The van der Waals surface area contributed by atoms with E-state index in [1.807, 2.05) is 48.5 Å². The first-order valence-electron chi connectivity index (χ1n) is 10.6. The first kappa shape index (κ1) is 22.4. The topological polar surface area (TPSA) is 77.3 Å². The van der Waals surface area contributed by atoms with E-state index in [0.717, 1.165) is 22.6 Å². The van der Waals surface area contributed by atoms with E-state index in [2.05, 4.69) is 16.9 Å². The molecule has 0 saturated carbocycles. The minimum absolute atomic E-state index is 0.184. The standard InChI is InChI=1S/C28H20N2O4/c1-20(21-2-10-25(11-3-21)33-27-14-6-23(7-15-27)29-18-31)22-4-12-26(13-5-22)34-28-16-8-24(9-17-28)30-19-32/h2-17,20H,1H3. The number of ether oxygens (including phenoxy) is 2. The second kappa shape index (κ2) is 10.7. The maximum absolute atomic E-state index is 10.3. The lowest BCUT2D eigenvalue weighted by Gasteiger charge is -2.14. The number of carbonyl (C=O) groups excluding carboxylic acids is 2. The minimum atomic E-state index is 0.184. The Labute approximate surface area is 196 Å². The van der Waals surface area contributed by atoms with Gasteiger partial charge in [-0.2, -0.15) is 9.98 Å². The van der Waals surface area contributed by atoms with Crippen LogP contribution in [0.15, 0.2) is 107 Å². The molecule has 0 heterocycles. The molecule has 0 radical (unpaired) electrons. The molecule has 0 aliphatic rings. The molecule has 0 bridgehead atoms. The zero-order valence-electron chi connectivity index (χ0n) is 18.3. The normalized spacial score (nSPS) is 11.0. The van der Waals surface area contributed by atoms with Crippen LogP contribution < -0.4 is 9.47 Å². The molecule has 0 amide bonds. The molecular formula is C28H20N2O4. The van der Waals surface area contributed by atoms with Crippen molar-refractivity contribution in [2.45, 2.75) is 12.8 Å². The summed E-state index contributed by atoms with van der Waals surface area (Å²) in [7, 11) is 0. The van der Waals surface area contributed by atoms with E-state index in [9.17, 15) is 9.59 Å². The number of hydrogen-bond donors (Lipinski definition) is 0. The van der Waals surface area contributed by atoms with Gasteiger partial charge in [-0.05, 0) is 83.9 Å². The van der Waals surface area contributed by atoms with Gasteiger partial charge in [0.1, 0.15) is 23.0 Å². The molecule has 0 unspecified atom stereocenters. The molecular weight excluding hydrogens is 428 g/mol. The van der Waals surface area contributed by atoms with Crippen molar-refractivity contribution in [3.63, 3.8) is 0 Å². The van der Waals surface area contributed by atoms with Crippen molar-refractivity contribution in [2.75, 3.05) is 0 Å². The Morgan fingerprint density at radius 1 is 0.529 bits per heavy atom. The van der Waals surface area contributed by atoms with Crippen molar-refractivity contribution in [1.29, 1.82) is 0 Å². The molecule has 0 fully saturated rings. The van der Waals surface area contributed by atoms with Crippen LogP contribution in [0.5, 0.6) is 23.0 Å². The zero-order valence-corrected chi connectivity index (χ0v) is 18.3.